The maximum atomic E-state index is 13.4. The molecule has 0 atom stereocenters. The molecule has 1 saturated carbocycles. The van der Waals surface area contributed by atoms with Gasteiger partial charge in [-0.25, -0.2) is 12.7 Å². The third kappa shape index (κ3) is 4.15. The van der Waals surface area contributed by atoms with Crippen molar-refractivity contribution >= 4 is 20.8 Å². The van der Waals surface area contributed by atoms with Gasteiger partial charge in [-0.1, -0.05) is 73.5 Å². The van der Waals surface area contributed by atoms with E-state index in [1.807, 2.05) is 24.3 Å². The largest absolute Gasteiger partial charge is 0.379 e. The van der Waals surface area contributed by atoms with E-state index in [9.17, 15) is 13.2 Å². The molecule has 0 spiro atoms. The van der Waals surface area contributed by atoms with Gasteiger partial charge in [-0.2, -0.15) is 0 Å². The molecular weight excluding hydrogens is 396 g/mol. The van der Waals surface area contributed by atoms with E-state index in [0.717, 1.165) is 49.3 Å². The second kappa shape index (κ2) is 9.04. The van der Waals surface area contributed by atoms with Crippen molar-refractivity contribution in [2.75, 3.05) is 6.54 Å². The first kappa shape index (κ1) is 20.7. The molecular formula is C24H28N2O3S. The van der Waals surface area contributed by atoms with Crippen LogP contribution in [0.4, 0.5) is 0 Å². The Labute approximate surface area is 178 Å². The summed E-state index contributed by atoms with van der Waals surface area (Å²) in [5, 5.41) is 3.18. The van der Waals surface area contributed by atoms with E-state index in [1.54, 1.807) is 24.3 Å². The fourth-order valence-corrected chi connectivity index (χ4v) is 6.36. The predicted molar refractivity (Wildman–Crippen MR) is 119 cm³/mol. The van der Waals surface area contributed by atoms with Crippen molar-refractivity contribution in [1.82, 2.24) is 9.62 Å². The minimum atomic E-state index is -3.85. The summed E-state index contributed by atoms with van der Waals surface area (Å²) in [6.07, 6.45) is 6.22. The molecule has 0 aromatic heterocycles. The smallest absolute Gasteiger partial charge is 0.285 e. The van der Waals surface area contributed by atoms with E-state index in [4.69, 9.17) is 0 Å². The average molecular weight is 425 g/mol. The van der Waals surface area contributed by atoms with Gasteiger partial charge in [0.25, 0.3) is 15.9 Å². The fourth-order valence-electron chi connectivity index (χ4n) is 4.40. The van der Waals surface area contributed by atoms with Gasteiger partial charge < -0.3 is 5.32 Å². The molecule has 2 aromatic carbocycles. The van der Waals surface area contributed by atoms with Gasteiger partial charge in [-0.3, -0.25) is 4.79 Å². The summed E-state index contributed by atoms with van der Waals surface area (Å²) in [4.78, 5) is 13.3. The lowest BCUT2D eigenvalue weighted by atomic mass is 10.1. The SMILES string of the molecule is O=C1C(NCCCCc2ccccc2)=C(c2ccccc2)S(=O)(=O)N1C1CCCC1. The summed E-state index contributed by atoms with van der Waals surface area (Å²) in [7, 11) is -3.85. The number of benzene rings is 2. The Morgan fingerprint density at radius 3 is 2.20 bits per heavy atom. The fraction of sp³-hybridized carbons (Fsp3) is 0.375. The Bertz CT molecular complexity index is 1010. The van der Waals surface area contributed by atoms with Gasteiger partial charge in [0.1, 0.15) is 10.6 Å². The number of carbonyl (C=O) groups is 1. The van der Waals surface area contributed by atoms with Crippen molar-refractivity contribution in [3.05, 3.63) is 77.5 Å². The van der Waals surface area contributed by atoms with Crippen molar-refractivity contribution in [3.8, 4) is 0 Å². The summed E-state index contributed by atoms with van der Waals surface area (Å²) < 4.78 is 27.9. The first-order chi connectivity index (χ1) is 14.6. The lowest BCUT2D eigenvalue weighted by Gasteiger charge is -2.23. The highest BCUT2D eigenvalue weighted by atomic mass is 32.2. The van der Waals surface area contributed by atoms with E-state index in [2.05, 4.69) is 17.4 Å². The molecule has 5 nitrogen and oxygen atoms in total. The molecule has 0 saturated heterocycles. The minimum absolute atomic E-state index is 0.128. The van der Waals surface area contributed by atoms with Crippen LogP contribution in [0.2, 0.25) is 0 Å². The van der Waals surface area contributed by atoms with Crippen LogP contribution in [0.25, 0.3) is 4.91 Å². The van der Waals surface area contributed by atoms with Gasteiger partial charge in [0, 0.05) is 12.6 Å². The average Bonchev–Trinajstić information content (AvgIpc) is 3.33. The number of hydrogen-bond donors (Lipinski definition) is 1. The Hall–Kier alpha value is -2.60. The number of aryl methyl sites for hydroxylation is 1. The molecule has 1 heterocycles. The zero-order valence-corrected chi connectivity index (χ0v) is 17.9. The van der Waals surface area contributed by atoms with E-state index >= 15 is 0 Å². The highest BCUT2D eigenvalue weighted by molar-refractivity contribution is 7.99. The van der Waals surface area contributed by atoms with Gasteiger partial charge in [0.05, 0.1) is 0 Å². The van der Waals surface area contributed by atoms with E-state index in [1.165, 1.54) is 5.56 Å². The number of nitrogens with zero attached hydrogens (tertiary/aromatic N) is 1. The Balaban J connectivity index is 1.51. The summed E-state index contributed by atoms with van der Waals surface area (Å²) in [6.45, 7) is 0.568. The molecule has 158 valence electrons. The van der Waals surface area contributed by atoms with Gasteiger partial charge in [-0.05, 0) is 43.2 Å². The van der Waals surface area contributed by atoms with Crippen molar-refractivity contribution in [2.45, 2.75) is 51.0 Å². The maximum Gasteiger partial charge on any atom is 0.285 e. The molecule has 0 unspecified atom stereocenters. The number of amides is 1. The Kier molecular flexibility index (Phi) is 6.23. The highest BCUT2D eigenvalue weighted by Gasteiger charge is 2.48. The first-order valence-corrected chi connectivity index (χ1v) is 12.2. The second-order valence-electron chi connectivity index (χ2n) is 7.98. The standard InChI is InChI=1S/C24H28N2O3S/c27-24-22(25-18-10-9-13-19-11-3-1-4-12-19)23(20-14-5-2-6-15-20)30(28,29)26(24)21-16-7-8-17-21/h1-6,11-12,14-15,21,25H,7-10,13,16-18H2. The second-order valence-corrected chi connectivity index (χ2v) is 9.74. The molecule has 30 heavy (non-hydrogen) atoms. The molecule has 0 bridgehead atoms. The summed E-state index contributed by atoms with van der Waals surface area (Å²) >= 11 is 0. The number of sulfonamides is 1. The number of rotatable bonds is 8. The van der Waals surface area contributed by atoms with Gasteiger partial charge in [0.2, 0.25) is 0 Å². The molecule has 1 fully saturated rings. The van der Waals surface area contributed by atoms with Crippen molar-refractivity contribution in [2.24, 2.45) is 0 Å². The van der Waals surface area contributed by atoms with Crippen LogP contribution in [0.5, 0.6) is 0 Å². The quantitative estimate of drug-likeness (QED) is 0.649. The Morgan fingerprint density at radius 2 is 1.53 bits per heavy atom. The van der Waals surface area contributed by atoms with Gasteiger partial charge in [-0.15, -0.1) is 0 Å². The lowest BCUT2D eigenvalue weighted by molar-refractivity contribution is -0.123. The van der Waals surface area contributed by atoms with E-state index in [-0.39, 0.29) is 16.6 Å². The van der Waals surface area contributed by atoms with Crippen LogP contribution in [0.1, 0.15) is 49.7 Å². The Morgan fingerprint density at radius 1 is 0.900 bits per heavy atom. The van der Waals surface area contributed by atoms with Crippen LogP contribution in [0, 0.1) is 0 Å². The summed E-state index contributed by atoms with van der Waals surface area (Å²) in [5.74, 6) is -0.399. The van der Waals surface area contributed by atoms with Crippen LogP contribution in [0.3, 0.4) is 0 Å². The molecule has 2 aromatic rings. The zero-order valence-electron chi connectivity index (χ0n) is 17.1. The predicted octanol–water partition coefficient (Wildman–Crippen LogP) is 4.08. The minimum Gasteiger partial charge on any atom is -0.379 e. The zero-order chi connectivity index (χ0) is 21.0. The molecule has 6 heteroatoms. The highest BCUT2D eigenvalue weighted by Crippen LogP contribution is 2.39. The maximum absolute atomic E-state index is 13.4. The number of nitrogens with one attached hydrogen (secondary N) is 1. The molecule has 1 aliphatic heterocycles. The van der Waals surface area contributed by atoms with Crippen molar-refractivity contribution in [3.63, 3.8) is 0 Å². The third-order valence-corrected chi connectivity index (χ3v) is 7.82. The van der Waals surface area contributed by atoms with Crippen LogP contribution in [-0.4, -0.2) is 31.2 Å². The molecule has 0 radical (unpaired) electrons. The van der Waals surface area contributed by atoms with E-state index < -0.39 is 15.9 Å². The molecule has 4 rings (SSSR count). The molecule has 1 amide bonds. The van der Waals surface area contributed by atoms with Crippen LogP contribution in [0.15, 0.2) is 66.4 Å². The van der Waals surface area contributed by atoms with Gasteiger partial charge >= 0.3 is 0 Å². The topological polar surface area (TPSA) is 66.5 Å². The van der Waals surface area contributed by atoms with Gasteiger partial charge in [0.15, 0.2) is 0 Å². The van der Waals surface area contributed by atoms with Crippen molar-refractivity contribution < 1.29 is 13.2 Å². The number of unbranched alkanes of at least 4 members (excludes halogenated alkanes) is 1. The number of carbonyl (C=O) groups excluding carboxylic acids is 1. The summed E-state index contributed by atoms with van der Waals surface area (Å²) in [6, 6.07) is 19.0. The van der Waals surface area contributed by atoms with Crippen LogP contribution < -0.4 is 5.32 Å². The van der Waals surface area contributed by atoms with Crippen LogP contribution in [-0.2, 0) is 21.2 Å². The molecule has 1 N–H and O–H groups in total. The third-order valence-electron chi connectivity index (χ3n) is 5.89. The molecule has 2 aliphatic rings. The van der Waals surface area contributed by atoms with Crippen LogP contribution >= 0.6 is 0 Å². The normalized spacial score (nSPS) is 18.9. The first-order valence-electron chi connectivity index (χ1n) is 10.8. The van der Waals surface area contributed by atoms with Crippen molar-refractivity contribution in [1.29, 1.82) is 0 Å². The van der Waals surface area contributed by atoms with E-state index in [0.29, 0.717) is 12.1 Å². The molecule has 1 aliphatic carbocycles. The summed E-state index contributed by atoms with van der Waals surface area (Å²) in [5.41, 5.74) is 2.08. The monoisotopic (exact) mass is 424 g/mol. The lowest BCUT2D eigenvalue weighted by Crippen LogP contribution is -2.40. The number of hydrogen-bond acceptors (Lipinski definition) is 4.